The fraction of sp³-hybridized carbons (Fsp3) is 0.423. The lowest BCUT2D eigenvalue weighted by atomic mass is 9.85. The average Bonchev–Trinajstić information content (AvgIpc) is 2.72. The Morgan fingerprint density at radius 3 is 2.58 bits per heavy atom. The van der Waals surface area contributed by atoms with Crippen LogP contribution in [0.25, 0.3) is 0 Å². The average molecular weight is 421 g/mol. The number of hydrogen-bond donors (Lipinski definition) is 1. The third kappa shape index (κ3) is 5.81. The summed E-state index contributed by atoms with van der Waals surface area (Å²) in [4.78, 5) is 30.4. The molecule has 0 spiro atoms. The van der Waals surface area contributed by atoms with Crippen molar-refractivity contribution in [3.05, 3.63) is 64.7 Å². The number of ketones is 1. The minimum Gasteiger partial charge on any atom is -0.497 e. The fourth-order valence-electron chi connectivity index (χ4n) is 3.84. The molecule has 3 rings (SSSR count). The topological polar surface area (TPSA) is 67.8 Å². The van der Waals surface area contributed by atoms with Crippen molar-refractivity contribution < 1.29 is 14.3 Å². The second-order valence-corrected chi connectivity index (χ2v) is 9.19. The number of benzene rings is 2. The molecule has 0 radical (unpaired) electrons. The maximum absolute atomic E-state index is 13.1. The van der Waals surface area contributed by atoms with Gasteiger partial charge in [-0.05, 0) is 62.4 Å². The summed E-state index contributed by atoms with van der Waals surface area (Å²) in [5, 5.41) is 2.93. The molecule has 0 aromatic heterocycles. The van der Waals surface area contributed by atoms with Gasteiger partial charge in [-0.3, -0.25) is 14.6 Å². The summed E-state index contributed by atoms with van der Waals surface area (Å²) in [6.07, 6.45) is 1.92. The van der Waals surface area contributed by atoms with Crippen LogP contribution in [0.2, 0.25) is 0 Å². The van der Waals surface area contributed by atoms with Gasteiger partial charge in [0, 0.05) is 23.2 Å². The summed E-state index contributed by atoms with van der Waals surface area (Å²) in [6.45, 7) is 9.02. The Morgan fingerprint density at radius 1 is 1.13 bits per heavy atom. The molecule has 1 amide bonds. The van der Waals surface area contributed by atoms with Crippen molar-refractivity contribution in [2.75, 3.05) is 13.7 Å². The van der Waals surface area contributed by atoms with E-state index in [-0.39, 0.29) is 23.7 Å². The van der Waals surface area contributed by atoms with Gasteiger partial charge < -0.3 is 10.1 Å². The molecular weight excluding hydrogens is 388 g/mol. The molecule has 164 valence electrons. The number of aliphatic imine (C=N–C) groups is 1. The first kappa shape index (κ1) is 22.7. The molecule has 0 aliphatic carbocycles. The zero-order valence-electron chi connectivity index (χ0n) is 19.1. The van der Waals surface area contributed by atoms with Crippen molar-refractivity contribution in [1.82, 2.24) is 5.32 Å². The number of nitrogens with zero attached hydrogens (tertiary/aromatic N) is 1. The lowest BCUT2D eigenvalue weighted by molar-refractivity contribution is 0.0952. The zero-order chi connectivity index (χ0) is 22.6. The van der Waals surface area contributed by atoms with Crippen molar-refractivity contribution in [3.63, 3.8) is 0 Å². The van der Waals surface area contributed by atoms with Gasteiger partial charge in [0.2, 0.25) is 0 Å². The highest BCUT2D eigenvalue weighted by atomic mass is 16.5. The van der Waals surface area contributed by atoms with Gasteiger partial charge in [-0.2, -0.15) is 0 Å². The second-order valence-electron chi connectivity index (χ2n) is 9.19. The first-order chi connectivity index (χ1) is 14.7. The van der Waals surface area contributed by atoms with E-state index in [9.17, 15) is 9.59 Å². The Bertz CT molecular complexity index is 1010. The monoisotopic (exact) mass is 420 g/mol. The number of rotatable bonds is 8. The summed E-state index contributed by atoms with van der Waals surface area (Å²) in [5.41, 5.74) is 3.66. The predicted molar refractivity (Wildman–Crippen MR) is 124 cm³/mol. The van der Waals surface area contributed by atoms with E-state index >= 15 is 0 Å². The van der Waals surface area contributed by atoms with Crippen molar-refractivity contribution in [2.45, 2.75) is 52.5 Å². The van der Waals surface area contributed by atoms with Gasteiger partial charge in [-0.15, -0.1) is 0 Å². The Hall–Kier alpha value is -2.95. The van der Waals surface area contributed by atoms with Crippen LogP contribution in [0, 0.1) is 5.92 Å². The molecule has 0 saturated carbocycles. The van der Waals surface area contributed by atoms with E-state index in [0.29, 0.717) is 23.6 Å². The maximum Gasteiger partial charge on any atom is 0.251 e. The third-order valence-electron chi connectivity index (χ3n) is 5.47. The molecule has 0 bridgehead atoms. The Balaban J connectivity index is 1.80. The van der Waals surface area contributed by atoms with Crippen molar-refractivity contribution in [2.24, 2.45) is 10.9 Å². The van der Waals surface area contributed by atoms with E-state index in [1.807, 2.05) is 12.1 Å². The van der Waals surface area contributed by atoms with Crippen molar-refractivity contribution >= 4 is 17.4 Å². The largest absolute Gasteiger partial charge is 0.497 e. The molecular formula is C26H32N2O3. The molecule has 0 unspecified atom stereocenters. The van der Waals surface area contributed by atoms with Crippen LogP contribution < -0.4 is 10.1 Å². The number of fused-ring (bicyclic) bond motifs is 1. The van der Waals surface area contributed by atoms with Gasteiger partial charge in [0.15, 0.2) is 5.78 Å². The van der Waals surface area contributed by atoms with E-state index in [0.717, 1.165) is 29.9 Å². The van der Waals surface area contributed by atoms with E-state index < -0.39 is 0 Å². The van der Waals surface area contributed by atoms with E-state index in [1.165, 1.54) is 5.56 Å². The highest BCUT2D eigenvalue weighted by Crippen LogP contribution is 2.31. The lowest BCUT2D eigenvalue weighted by Crippen LogP contribution is -2.30. The van der Waals surface area contributed by atoms with Crippen LogP contribution in [0.3, 0.4) is 0 Å². The van der Waals surface area contributed by atoms with E-state index in [4.69, 9.17) is 9.73 Å². The van der Waals surface area contributed by atoms with Crippen molar-refractivity contribution in [1.29, 1.82) is 0 Å². The third-order valence-corrected chi connectivity index (χ3v) is 5.47. The highest BCUT2D eigenvalue weighted by Gasteiger charge is 2.28. The first-order valence-corrected chi connectivity index (χ1v) is 10.9. The van der Waals surface area contributed by atoms with Crippen LogP contribution in [-0.4, -0.2) is 36.6 Å². The number of Topliss-reactive ketones (excluding diaryl/α,β-unsaturated/α-hetero) is 1. The van der Waals surface area contributed by atoms with Crippen LogP contribution in [0.15, 0.2) is 47.5 Å². The van der Waals surface area contributed by atoms with Crippen LogP contribution in [0.4, 0.5) is 0 Å². The molecule has 1 N–H and O–H groups in total. The van der Waals surface area contributed by atoms with Gasteiger partial charge in [-0.25, -0.2) is 0 Å². The zero-order valence-corrected chi connectivity index (χ0v) is 19.1. The number of carbonyl (C=O) groups excluding carboxylic acids is 2. The molecule has 2 aromatic rings. The highest BCUT2D eigenvalue weighted by molar-refractivity contribution is 6.17. The molecule has 0 fully saturated rings. The molecule has 0 saturated heterocycles. The number of methoxy groups -OCH3 is 1. The number of ether oxygens (including phenoxy) is 1. The molecule has 1 heterocycles. The van der Waals surface area contributed by atoms with Crippen LogP contribution in [-0.2, 0) is 6.42 Å². The fourth-order valence-corrected chi connectivity index (χ4v) is 3.84. The minimum atomic E-state index is -0.269. The summed E-state index contributed by atoms with van der Waals surface area (Å²) >= 11 is 0. The van der Waals surface area contributed by atoms with Gasteiger partial charge in [-0.1, -0.05) is 32.0 Å². The Kier molecular flexibility index (Phi) is 6.94. The van der Waals surface area contributed by atoms with Gasteiger partial charge >= 0.3 is 0 Å². The molecule has 0 atom stereocenters. The molecule has 5 nitrogen and oxygen atoms in total. The molecule has 1 aliphatic rings. The summed E-state index contributed by atoms with van der Waals surface area (Å²) in [5.74, 6) is 1.07. The molecule has 1 aliphatic heterocycles. The normalized spacial score (nSPS) is 14.6. The minimum absolute atomic E-state index is 0.0537. The molecule has 31 heavy (non-hydrogen) atoms. The number of carbonyl (C=O) groups is 2. The summed E-state index contributed by atoms with van der Waals surface area (Å²) in [7, 11) is 1.63. The number of amides is 1. The van der Waals surface area contributed by atoms with Crippen LogP contribution >= 0.6 is 0 Å². The number of nitrogens with one attached hydrogen (secondary N) is 1. The quantitative estimate of drug-likeness (QED) is 0.620. The number of hydrogen-bond acceptors (Lipinski definition) is 4. The van der Waals surface area contributed by atoms with Gasteiger partial charge in [0.1, 0.15) is 5.75 Å². The first-order valence-electron chi connectivity index (χ1n) is 10.9. The molecule has 2 aromatic carbocycles. The smallest absolute Gasteiger partial charge is 0.251 e. The van der Waals surface area contributed by atoms with Crippen molar-refractivity contribution in [3.8, 4) is 5.75 Å². The molecule has 5 heteroatoms. The maximum atomic E-state index is 13.1. The standard InChI is InChI=1S/C26H32N2O3/c1-17(2)11-12-27-25(30)19-8-6-7-18(13-19)24(29)15-23-22-14-21(31-5)10-9-20(22)16-26(3,4)28-23/h6-10,13-14,17H,11-12,15-16H2,1-5H3,(H,27,30). The summed E-state index contributed by atoms with van der Waals surface area (Å²) in [6, 6.07) is 12.9. The van der Waals surface area contributed by atoms with Gasteiger partial charge in [0.25, 0.3) is 5.91 Å². The predicted octanol–water partition coefficient (Wildman–Crippen LogP) is 4.87. The SMILES string of the molecule is COc1ccc2c(c1)C(CC(=O)c1cccc(C(=O)NCCC(C)C)c1)=NC(C)(C)C2. The summed E-state index contributed by atoms with van der Waals surface area (Å²) < 4.78 is 5.37. The van der Waals surface area contributed by atoms with Gasteiger partial charge in [0.05, 0.1) is 24.8 Å². The lowest BCUT2D eigenvalue weighted by Gasteiger charge is -2.29. The Morgan fingerprint density at radius 2 is 1.87 bits per heavy atom. The second kappa shape index (κ2) is 9.46. The Labute approximate surface area is 184 Å². The van der Waals surface area contributed by atoms with E-state index in [2.05, 4.69) is 39.1 Å². The van der Waals surface area contributed by atoms with Crippen LogP contribution in [0.5, 0.6) is 5.75 Å². The van der Waals surface area contributed by atoms with Crippen LogP contribution in [0.1, 0.15) is 72.4 Å². The van der Waals surface area contributed by atoms with E-state index in [1.54, 1.807) is 31.4 Å².